The first-order valence-corrected chi connectivity index (χ1v) is 5.80. The first-order valence-electron chi connectivity index (χ1n) is 5.80. The van der Waals surface area contributed by atoms with E-state index in [4.69, 9.17) is 15.9 Å². The molecule has 0 bridgehead atoms. The van der Waals surface area contributed by atoms with Crippen LogP contribution in [-0.4, -0.2) is 37.1 Å². The highest BCUT2D eigenvalue weighted by Crippen LogP contribution is 2.16. The molecule has 5 heteroatoms. The van der Waals surface area contributed by atoms with Gasteiger partial charge in [0.15, 0.2) is 0 Å². The molecule has 0 radical (unpaired) electrons. The van der Waals surface area contributed by atoms with Crippen molar-refractivity contribution in [2.45, 2.75) is 18.9 Å². The molecule has 1 aliphatic rings. The molecule has 1 fully saturated rings. The maximum Gasteiger partial charge on any atom is 0.128 e. The van der Waals surface area contributed by atoms with Gasteiger partial charge < -0.3 is 15.4 Å². The number of nitrogens with two attached hydrogens (primary N) is 1. The molecule has 17 heavy (non-hydrogen) atoms. The highest BCUT2D eigenvalue weighted by Gasteiger charge is 2.17. The number of nitrogens with one attached hydrogen (secondary N) is 1. The number of amidine groups is 1. The Morgan fingerprint density at radius 2 is 2.47 bits per heavy atom. The Bertz CT molecular complexity index is 384. The summed E-state index contributed by atoms with van der Waals surface area (Å²) in [6, 6.07) is 3.70. The number of aromatic nitrogens is 1. The zero-order valence-electron chi connectivity index (χ0n) is 10.0. The Morgan fingerprint density at radius 1 is 1.65 bits per heavy atom. The van der Waals surface area contributed by atoms with E-state index in [1.165, 1.54) is 0 Å². The van der Waals surface area contributed by atoms with E-state index in [1.54, 1.807) is 6.20 Å². The van der Waals surface area contributed by atoms with Crippen molar-refractivity contribution in [3.63, 3.8) is 0 Å². The SMILES string of the molecule is CN(CC1CCCO1)c1ccc(C(=N)N)cn1. The predicted molar refractivity (Wildman–Crippen MR) is 67.5 cm³/mol. The number of nitrogen functional groups attached to an aromatic ring is 1. The molecule has 0 aromatic carbocycles. The summed E-state index contributed by atoms with van der Waals surface area (Å²) < 4.78 is 5.58. The van der Waals surface area contributed by atoms with Crippen molar-refractivity contribution in [3.8, 4) is 0 Å². The summed E-state index contributed by atoms with van der Waals surface area (Å²) in [7, 11) is 2.00. The average molecular weight is 234 g/mol. The Kier molecular flexibility index (Phi) is 3.58. The smallest absolute Gasteiger partial charge is 0.128 e. The molecule has 1 atom stereocenters. The summed E-state index contributed by atoms with van der Waals surface area (Å²) in [4.78, 5) is 6.36. The van der Waals surface area contributed by atoms with Gasteiger partial charge in [0.05, 0.1) is 6.10 Å². The predicted octanol–water partition coefficient (Wildman–Crippen LogP) is 0.981. The molecular formula is C12H18N4O. The second kappa shape index (κ2) is 5.14. The van der Waals surface area contributed by atoms with Crippen LogP contribution in [0.25, 0.3) is 0 Å². The highest BCUT2D eigenvalue weighted by atomic mass is 16.5. The minimum atomic E-state index is 0.0471. The normalized spacial score (nSPS) is 19.2. The van der Waals surface area contributed by atoms with Gasteiger partial charge in [0.1, 0.15) is 11.7 Å². The van der Waals surface area contributed by atoms with Gasteiger partial charge in [-0.2, -0.15) is 0 Å². The quantitative estimate of drug-likeness (QED) is 0.601. The van der Waals surface area contributed by atoms with Crippen LogP contribution in [0.1, 0.15) is 18.4 Å². The zero-order chi connectivity index (χ0) is 12.3. The summed E-state index contributed by atoms with van der Waals surface area (Å²) in [5, 5.41) is 7.30. The number of pyridine rings is 1. The number of hydrogen-bond acceptors (Lipinski definition) is 4. The van der Waals surface area contributed by atoms with Crippen molar-refractivity contribution in [2.75, 3.05) is 25.1 Å². The monoisotopic (exact) mass is 234 g/mol. The lowest BCUT2D eigenvalue weighted by molar-refractivity contribution is 0.116. The van der Waals surface area contributed by atoms with Gasteiger partial charge in [-0.3, -0.25) is 5.41 Å². The number of hydrogen-bond donors (Lipinski definition) is 2. The third-order valence-electron chi connectivity index (χ3n) is 2.95. The number of anilines is 1. The van der Waals surface area contributed by atoms with Gasteiger partial charge in [-0.1, -0.05) is 0 Å². The lowest BCUT2D eigenvalue weighted by Gasteiger charge is -2.21. The molecule has 0 saturated carbocycles. The van der Waals surface area contributed by atoms with Gasteiger partial charge in [0.2, 0.25) is 0 Å². The Morgan fingerprint density at radius 3 is 3.00 bits per heavy atom. The standard InChI is InChI=1S/C12H18N4O/c1-16(8-10-3-2-6-17-10)11-5-4-9(7-15-11)12(13)14/h4-5,7,10H,2-3,6,8H2,1H3,(H3,13,14). The van der Waals surface area contributed by atoms with Crippen LogP contribution in [0.15, 0.2) is 18.3 Å². The lowest BCUT2D eigenvalue weighted by Crippen LogP contribution is -2.29. The molecule has 0 spiro atoms. The van der Waals surface area contributed by atoms with Crippen LogP contribution in [0, 0.1) is 5.41 Å². The fourth-order valence-electron chi connectivity index (χ4n) is 1.96. The van der Waals surface area contributed by atoms with Crippen LogP contribution in [0.5, 0.6) is 0 Å². The Labute approximate surface area is 101 Å². The summed E-state index contributed by atoms with van der Waals surface area (Å²) in [6.45, 7) is 1.72. The fourth-order valence-corrected chi connectivity index (χ4v) is 1.96. The lowest BCUT2D eigenvalue weighted by atomic mass is 10.2. The van der Waals surface area contributed by atoms with Crippen LogP contribution in [-0.2, 0) is 4.74 Å². The zero-order valence-corrected chi connectivity index (χ0v) is 10.0. The maximum atomic E-state index is 7.30. The molecular weight excluding hydrogens is 216 g/mol. The van der Waals surface area contributed by atoms with Crippen LogP contribution in [0.4, 0.5) is 5.82 Å². The van der Waals surface area contributed by atoms with Gasteiger partial charge in [-0.05, 0) is 25.0 Å². The van der Waals surface area contributed by atoms with E-state index in [9.17, 15) is 0 Å². The van der Waals surface area contributed by atoms with Crippen molar-refractivity contribution in [1.82, 2.24) is 4.98 Å². The van der Waals surface area contributed by atoms with Crippen LogP contribution in [0.3, 0.4) is 0 Å². The van der Waals surface area contributed by atoms with Crippen molar-refractivity contribution in [2.24, 2.45) is 5.73 Å². The molecule has 2 heterocycles. The van der Waals surface area contributed by atoms with Gasteiger partial charge in [0, 0.05) is 32.0 Å². The molecule has 1 unspecified atom stereocenters. The second-order valence-electron chi connectivity index (χ2n) is 4.33. The summed E-state index contributed by atoms with van der Waals surface area (Å²) in [5.74, 6) is 0.927. The van der Waals surface area contributed by atoms with E-state index in [2.05, 4.69) is 9.88 Å². The third-order valence-corrected chi connectivity index (χ3v) is 2.95. The topological polar surface area (TPSA) is 75.2 Å². The maximum absolute atomic E-state index is 7.30. The third kappa shape index (κ3) is 2.94. The first kappa shape index (κ1) is 11.9. The van der Waals surface area contributed by atoms with E-state index < -0.39 is 0 Å². The molecule has 1 aromatic rings. The van der Waals surface area contributed by atoms with E-state index in [-0.39, 0.29) is 5.84 Å². The molecule has 3 N–H and O–H groups in total. The molecule has 2 rings (SSSR count). The van der Waals surface area contributed by atoms with Gasteiger partial charge in [-0.15, -0.1) is 0 Å². The van der Waals surface area contributed by atoms with Crippen LogP contribution < -0.4 is 10.6 Å². The Balaban J connectivity index is 1.98. The van der Waals surface area contributed by atoms with E-state index in [0.29, 0.717) is 11.7 Å². The second-order valence-corrected chi connectivity index (χ2v) is 4.33. The minimum absolute atomic E-state index is 0.0471. The van der Waals surface area contributed by atoms with Gasteiger partial charge in [-0.25, -0.2) is 4.98 Å². The molecule has 0 amide bonds. The number of nitrogens with zero attached hydrogens (tertiary/aromatic N) is 2. The van der Waals surface area contributed by atoms with E-state index in [1.807, 2.05) is 19.2 Å². The Hall–Kier alpha value is -1.62. The summed E-state index contributed by atoms with van der Waals surface area (Å²) in [6.07, 6.45) is 4.21. The largest absolute Gasteiger partial charge is 0.384 e. The minimum Gasteiger partial charge on any atom is -0.384 e. The van der Waals surface area contributed by atoms with E-state index in [0.717, 1.165) is 31.8 Å². The van der Waals surface area contributed by atoms with Crippen LogP contribution >= 0.6 is 0 Å². The summed E-state index contributed by atoms with van der Waals surface area (Å²) >= 11 is 0. The van der Waals surface area contributed by atoms with Crippen molar-refractivity contribution >= 4 is 11.7 Å². The van der Waals surface area contributed by atoms with Crippen molar-refractivity contribution in [1.29, 1.82) is 5.41 Å². The summed E-state index contributed by atoms with van der Waals surface area (Å²) in [5.41, 5.74) is 6.03. The van der Waals surface area contributed by atoms with E-state index >= 15 is 0 Å². The first-order chi connectivity index (χ1) is 8.16. The molecule has 0 aliphatic carbocycles. The average Bonchev–Trinajstić information content (AvgIpc) is 2.82. The van der Waals surface area contributed by atoms with Gasteiger partial charge >= 0.3 is 0 Å². The van der Waals surface area contributed by atoms with Crippen LogP contribution in [0.2, 0.25) is 0 Å². The van der Waals surface area contributed by atoms with Crippen molar-refractivity contribution in [3.05, 3.63) is 23.9 Å². The molecule has 5 nitrogen and oxygen atoms in total. The molecule has 1 aliphatic heterocycles. The number of rotatable bonds is 4. The van der Waals surface area contributed by atoms with Gasteiger partial charge in [0.25, 0.3) is 0 Å². The highest BCUT2D eigenvalue weighted by molar-refractivity contribution is 5.94. The fraction of sp³-hybridized carbons (Fsp3) is 0.500. The molecule has 1 aromatic heterocycles. The molecule has 92 valence electrons. The van der Waals surface area contributed by atoms with Crippen molar-refractivity contribution < 1.29 is 4.74 Å². The number of likely N-dealkylation sites (N-methyl/N-ethyl adjacent to an activating group) is 1. The molecule has 1 saturated heterocycles. The number of ether oxygens (including phenoxy) is 1.